The summed E-state index contributed by atoms with van der Waals surface area (Å²) in [5, 5.41) is 0. The number of hydrogen-bond acceptors (Lipinski definition) is 2. The normalized spacial score (nSPS) is 28.0. The molecule has 3 aliphatic rings. The average Bonchev–Trinajstić information content (AvgIpc) is 2.39. The molecule has 1 aromatic rings. The van der Waals surface area contributed by atoms with Crippen molar-refractivity contribution in [3.8, 4) is 0 Å². The van der Waals surface area contributed by atoms with E-state index in [1.54, 1.807) is 12.1 Å². The van der Waals surface area contributed by atoms with Gasteiger partial charge in [-0.2, -0.15) is 0 Å². The van der Waals surface area contributed by atoms with Crippen molar-refractivity contribution in [2.45, 2.75) is 26.7 Å². The summed E-state index contributed by atoms with van der Waals surface area (Å²) in [5.74, 6) is 1.84. The lowest BCUT2D eigenvalue weighted by Gasteiger charge is -2.55. The third kappa shape index (κ3) is 1.67. The summed E-state index contributed by atoms with van der Waals surface area (Å²) in [7, 11) is 0. The highest BCUT2D eigenvalue weighted by Crippen LogP contribution is 2.59. The maximum Gasteiger partial charge on any atom is 0.343 e. The second-order valence-electron chi connectivity index (χ2n) is 5.90. The first-order valence-corrected chi connectivity index (χ1v) is 6.56. The van der Waals surface area contributed by atoms with Crippen molar-refractivity contribution in [2.75, 3.05) is 0 Å². The Bertz CT molecular complexity index is 499. The van der Waals surface area contributed by atoms with Crippen molar-refractivity contribution in [1.82, 2.24) is 0 Å². The second kappa shape index (κ2) is 3.98. The predicted molar refractivity (Wildman–Crippen MR) is 69.9 cm³/mol. The Morgan fingerprint density at radius 3 is 2.61 bits per heavy atom. The largest absolute Gasteiger partial charge is 0.427 e. The smallest absolute Gasteiger partial charge is 0.343 e. The van der Waals surface area contributed by atoms with Gasteiger partial charge in [-0.1, -0.05) is 32.0 Å². The van der Waals surface area contributed by atoms with Gasteiger partial charge in [0, 0.05) is 5.92 Å². The van der Waals surface area contributed by atoms with Gasteiger partial charge >= 0.3 is 5.97 Å². The van der Waals surface area contributed by atoms with E-state index in [4.69, 9.17) is 4.74 Å². The zero-order valence-corrected chi connectivity index (χ0v) is 10.8. The molecule has 0 saturated heterocycles. The van der Waals surface area contributed by atoms with Gasteiger partial charge in [-0.15, -0.1) is 0 Å². The quantitative estimate of drug-likeness (QED) is 0.737. The first kappa shape index (κ1) is 11.5. The first-order chi connectivity index (χ1) is 8.59. The molecule has 1 aromatic carbocycles. The van der Waals surface area contributed by atoms with E-state index >= 15 is 0 Å². The van der Waals surface area contributed by atoms with Gasteiger partial charge in [-0.25, -0.2) is 4.79 Å². The highest BCUT2D eigenvalue weighted by Gasteiger charge is 2.52. The van der Waals surface area contributed by atoms with Gasteiger partial charge in [0.25, 0.3) is 0 Å². The van der Waals surface area contributed by atoms with Crippen LogP contribution in [0.25, 0.3) is 0 Å². The lowest BCUT2D eigenvalue weighted by Crippen LogP contribution is -2.48. The maximum atomic E-state index is 12.0. The van der Waals surface area contributed by atoms with Gasteiger partial charge in [0.05, 0.1) is 5.56 Å². The van der Waals surface area contributed by atoms with Crippen LogP contribution in [0.3, 0.4) is 0 Å². The lowest BCUT2D eigenvalue weighted by molar-refractivity contribution is -0.0394. The third-order valence-electron chi connectivity index (χ3n) is 4.64. The van der Waals surface area contributed by atoms with Gasteiger partial charge < -0.3 is 4.74 Å². The summed E-state index contributed by atoms with van der Waals surface area (Å²) in [5.41, 5.74) is 0.916. The number of fused-ring (bicyclic) bond motifs is 1. The van der Waals surface area contributed by atoms with E-state index in [1.165, 1.54) is 6.42 Å². The van der Waals surface area contributed by atoms with Crippen molar-refractivity contribution in [1.29, 1.82) is 0 Å². The number of rotatable bonds is 2. The zero-order chi connectivity index (χ0) is 12.8. The summed E-state index contributed by atoms with van der Waals surface area (Å²) < 4.78 is 5.59. The van der Waals surface area contributed by atoms with Crippen molar-refractivity contribution >= 4 is 5.97 Å². The predicted octanol–water partition coefficient (Wildman–Crippen LogP) is 3.79. The number of allylic oxidation sites excluding steroid dienone is 2. The number of ether oxygens (including phenoxy) is 1. The molecule has 2 nitrogen and oxygen atoms in total. The fourth-order valence-corrected chi connectivity index (χ4v) is 3.15. The Labute approximate surface area is 108 Å². The van der Waals surface area contributed by atoms with E-state index < -0.39 is 0 Å². The minimum absolute atomic E-state index is 0.233. The van der Waals surface area contributed by atoms with E-state index in [0.29, 0.717) is 16.9 Å². The molecule has 0 amide bonds. The molecule has 0 aliphatic heterocycles. The fraction of sp³-hybridized carbons (Fsp3) is 0.438. The molecule has 2 bridgehead atoms. The second-order valence-corrected chi connectivity index (χ2v) is 5.90. The molecule has 0 spiro atoms. The third-order valence-corrected chi connectivity index (χ3v) is 4.64. The average molecular weight is 242 g/mol. The summed E-state index contributed by atoms with van der Waals surface area (Å²) in [6.07, 6.45) is 4.31. The Balaban J connectivity index is 1.75. The van der Waals surface area contributed by atoms with Gasteiger partial charge in [0.1, 0.15) is 5.76 Å². The Kier molecular flexibility index (Phi) is 2.54. The van der Waals surface area contributed by atoms with Gasteiger partial charge in [0.2, 0.25) is 0 Å². The molecule has 0 N–H and O–H groups in total. The molecule has 2 atom stereocenters. The van der Waals surface area contributed by atoms with Gasteiger partial charge in [-0.3, -0.25) is 0 Å². The highest BCUT2D eigenvalue weighted by molar-refractivity contribution is 5.90. The Hall–Kier alpha value is -1.57. The molecule has 0 heterocycles. The van der Waals surface area contributed by atoms with Crippen LogP contribution in [0.4, 0.5) is 0 Å². The highest BCUT2D eigenvalue weighted by atomic mass is 16.5. The number of carbonyl (C=O) groups excluding carboxylic acids is 1. The first-order valence-electron chi connectivity index (χ1n) is 6.56. The van der Waals surface area contributed by atoms with Crippen LogP contribution in [-0.2, 0) is 4.74 Å². The molecule has 3 aliphatic carbocycles. The van der Waals surface area contributed by atoms with Crippen LogP contribution in [0.15, 0.2) is 42.2 Å². The monoisotopic (exact) mass is 242 g/mol. The number of carbonyl (C=O) groups is 1. The molecule has 0 unspecified atom stereocenters. The molecule has 1 fully saturated rings. The summed E-state index contributed by atoms with van der Waals surface area (Å²) in [6, 6.07) is 9.20. The van der Waals surface area contributed by atoms with E-state index in [0.717, 1.165) is 18.1 Å². The van der Waals surface area contributed by atoms with E-state index in [1.807, 2.05) is 18.2 Å². The zero-order valence-electron chi connectivity index (χ0n) is 10.8. The topological polar surface area (TPSA) is 26.3 Å². The number of esters is 1. The van der Waals surface area contributed by atoms with Crippen LogP contribution >= 0.6 is 0 Å². The van der Waals surface area contributed by atoms with Crippen LogP contribution in [0.2, 0.25) is 0 Å². The summed E-state index contributed by atoms with van der Waals surface area (Å²) >= 11 is 0. The molecule has 4 rings (SSSR count). The Morgan fingerprint density at radius 2 is 2.00 bits per heavy atom. The van der Waals surface area contributed by atoms with E-state index in [2.05, 4.69) is 19.9 Å². The lowest BCUT2D eigenvalue weighted by atomic mass is 9.50. The fourth-order valence-electron chi connectivity index (χ4n) is 3.15. The minimum Gasteiger partial charge on any atom is -0.427 e. The van der Waals surface area contributed by atoms with Crippen LogP contribution in [0.1, 0.15) is 37.0 Å². The van der Waals surface area contributed by atoms with Crippen LogP contribution in [-0.4, -0.2) is 5.97 Å². The van der Waals surface area contributed by atoms with Gasteiger partial charge in [0.15, 0.2) is 0 Å². The van der Waals surface area contributed by atoms with Crippen molar-refractivity contribution in [2.24, 2.45) is 17.3 Å². The van der Waals surface area contributed by atoms with Crippen molar-refractivity contribution in [3.63, 3.8) is 0 Å². The molecule has 94 valence electrons. The summed E-state index contributed by atoms with van der Waals surface area (Å²) in [6.45, 7) is 4.55. The molecule has 0 radical (unpaired) electrons. The number of benzene rings is 1. The summed E-state index contributed by atoms with van der Waals surface area (Å²) in [4.78, 5) is 12.0. The van der Waals surface area contributed by atoms with Crippen LogP contribution in [0, 0.1) is 17.3 Å². The number of hydrogen-bond donors (Lipinski definition) is 0. The minimum atomic E-state index is -0.233. The van der Waals surface area contributed by atoms with Crippen molar-refractivity contribution < 1.29 is 9.53 Å². The van der Waals surface area contributed by atoms with Crippen molar-refractivity contribution in [3.05, 3.63) is 47.7 Å². The SMILES string of the molecule is CC1(C)[C@H]2CC=C(OC(=O)c3ccccc3)[C@@H]1C2. The van der Waals surface area contributed by atoms with E-state index in [9.17, 15) is 4.79 Å². The van der Waals surface area contributed by atoms with Gasteiger partial charge in [-0.05, 0) is 42.4 Å². The molecular formula is C16H18O2. The molecule has 18 heavy (non-hydrogen) atoms. The standard InChI is InChI=1S/C16H18O2/c1-16(2)12-8-9-14(13(16)10-12)18-15(17)11-6-4-3-5-7-11/h3-7,9,12-13H,8,10H2,1-2H3/t12-,13-/m0/s1. The van der Waals surface area contributed by atoms with Crippen LogP contribution in [0.5, 0.6) is 0 Å². The van der Waals surface area contributed by atoms with Crippen LogP contribution < -0.4 is 0 Å². The molecular weight excluding hydrogens is 224 g/mol. The maximum absolute atomic E-state index is 12.0. The Morgan fingerprint density at radius 1 is 1.28 bits per heavy atom. The molecule has 1 saturated carbocycles. The van der Waals surface area contributed by atoms with E-state index in [-0.39, 0.29) is 5.97 Å². The molecule has 0 aromatic heterocycles. The molecule has 2 heteroatoms.